The largest absolute Gasteiger partial charge is 0.494 e. The summed E-state index contributed by atoms with van der Waals surface area (Å²) < 4.78 is 23.9. The highest BCUT2D eigenvalue weighted by molar-refractivity contribution is 6.62. The van der Waals surface area contributed by atoms with Gasteiger partial charge in [0.15, 0.2) is 11.5 Å². The van der Waals surface area contributed by atoms with E-state index in [2.05, 4.69) is 17.1 Å². The number of aromatic nitrogens is 1. The molecule has 4 rings (SSSR count). The normalized spacial score (nSPS) is 17.5. The molecular formula is C23H26BNO4. The fourth-order valence-electron chi connectivity index (χ4n) is 3.38. The fraction of sp³-hybridized carbons (Fsp3) is 0.348. The highest BCUT2D eigenvalue weighted by Crippen LogP contribution is 2.37. The topological polar surface area (TPSA) is 49.8 Å². The summed E-state index contributed by atoms with van der Waals surface area (Å²) in [4.78, 5) is 4.40. The van der Waals surface area contributed by atoms with Gasteiger partial charge in [-0.25, -0.2) is 0 Å². The Kier molecular flexibility index (Phi) is 5.01. The summed E-state index contributed by atoms with van der Waals surface area (Å²) in [5, 5.41) is 1.09. The first-order valence-corrected chi connectivity index (χ1v) is 9.80. The fourth-order valence-corrected chi connectivity index (χ4v) is 3.38. The Morgan fingerprint density at radius 2 is 1.69 bits per heavy atom. The van der Waals surface area contributed by atoms with E-state index >= 15 is 0 Å². The van der Waals surface area contributed by atoms with Crippen LogP contribution in [-0.4, -0.2) is 30.4 Å². The van der Waals surface area contributed by atoms with Gasteiger partial charge in [0.1, 0.15) is 6.61 Å². The number of fused-ring (bicyclic) bond motifs is 1. The number of pyridine rings is 1. The van der Waals surface area contributed by atoms with E-state index in [9.17, 15) is 0 Å². The lowest BCUT2D eigenvalue weighted by atomic mass is 9.79. The Bertz CT molecular complexity index is 1010. The summed E-state index contributed by atoms with van der Waals surface area (Å²) in [6, 6.07) is 15.8. The second-order valence-corrected chi connectivity index (χ2v) is 8.27. The van der Waals surface area contributed by atoms with Gasteiger partial charge in [0, 0.05) is 11.6 Å². The van der Waals surface area contributed by atoms with E-state index in [-0.39, 0.29) is 11.2 Å². The molecule has 3 aromatic rings. The standard InChI is InChI=1S/C23H26BNO4/c1-22(2)23(3,4)29-24(28-22)17-11-12-20(21(14-17)26-5)27-15-16-8-6-10-19-18(16)9-7-13-25-19/h6-14H,15H2,1-5H3. The maximum atomic E-state index is 6.14. The van der Waals surface area contributed by atoms with Crippen molar-refractivity contribution < 1.29 is 18.8 Å². The van der Waals surface area contributed by atoms with E-state index in [1.165, 1.54) is 0 Å². The summed E-state index contributed by atoms with van der Waals surface area (Å²) in [6.07, 6.45) is 1.80. The molecule has 0 amide bonds. The van der Waals surface area contributed by atoms with Crippen molar-refractivity contribution in [2.24, 2.45) is 0 Å². The zero-order valence-electron chi connectivity index (χ0n) is 17.6. The van der Waals surface area contributed by atoms with Gasteiger partial charge in [-0.3, -0.25) is 4.98 Å². The van der Waals surface area contributed by atoms with Gasteiger partial charge < -0.3 is 18.8 Å². The smallest absolute Gasteiger partial charge is 0.493 e. The Balaban J connectivity index is 1.55. The number of nitrogens with zero attached hydrogens (tertiary/aromatic N) is 1. The van der Waals surface area contributed by atoms with Gasteiger partial charge in [0.05, 0.1) is 23.8 Å². The molecule has 5 nitrogen and oxygen atoms in total. The van der Waals surface area contributed by atoms with Crippen LogP contribution in [0.5, 0.6) is 11.5 Å². The zero-order valence-corrected chi connectivity index (χ0v) is 17.6. The predicted octanol–water partition coefficient (Wildman–Crippen LogP) is 4.12. The van der Waals surface area contributed by atoms with E-state index in [4.69, 9.17) is 18.8 Å². The first-order chi connectivity index (χ1) is 13.8. The van der Waals surface area contributed by atoms with Gasteiger partial charge in [-0.15, -0.1) is 0 Å². The van der Waals surface area contributed by atoms with Crippen LogP contribution in [0.3, 0.4) is 0 Å². The van der Waals surface area contributed by atoms with Crippen LogP contribution in [0.1, 0.15) is 33.3 Å². The van der Waals surface area contributed by atoms with Crippen LogP contribution in [0.2, 0.25) is 0 Å². The minimum absolute atomic E-state index is 0.386. The molecule has 2 aromatic carbocycles. The van der Waals surface area contributed by atoms with Gasteiger partial charge in [-0.2, -0.15) is 0 Å². The molecule has 0 N–H and O–H groups in total. The third-order valence-corrected chi connectivity index (χ3v) is 5.83. The first kappa shape index (κ1) is 19.7. The van der Waals surface area contributed by atoms with Gasteiger partial charge in [0.25, 0.3) is 0 Å². The molecule has 0 saturated carbocycles. The summed E-state index contributed by atoms with van der Waals surface area (Å²) in [5.74, 6) is 1.32. The lowest BCUT2D eigenvalue weighted by Gasteiger charge is -2.32. The Hall–Kier alpha value is -2.57. The molecule has 1 aliphatic heterocycles. The van der Waals surface area contributed by atoms with Crippen molar-refractivity contribution >= 4 is 23.5 Å². The predicted molar refractivity (Wildman–Crippen MR) is 115 cm³/mol. The van der Waals surface area contributed by atoms with Gasteiger partial charge >= 0.3 is 7.12 Å². The molecule has 0 spiro atoms. The first-order valence-electron chi connectivity index (χ1n) is 9.80. The molecule has 0 atom stereocenters. The van der Waals surface area contributed by atoms with Crippen molar-refractivity contribution in [1.82, 2.24) is 4.98 Å². The molecule has 0 unspecified atom stereocenters. The van der Waals surface area contributed by atoms with E-state index in [0.29, 0.717) is 18.1 Å². The quantitative estimate of drug-likeness (QED) is 0.613. The minimum Gasteiger partial charge on any atom is -0.493 e. The third kappa shape index (κ3) is 3.70. The van der Waals surface area contributed by atoms with Crippen molar-refractivity contribution in [3.05, 3.63) is 60.3 Å². The van der Waals surface area contributed by atoms with E-state index in [1.54, 1.807) is 13.3 Å². The highest BCUT2D eigenvalue weighted by atomic mass is 16.7. The third-order valence-electron chi connectivity index (χ3n) is 5.83. The molecule has 0 bridgehead atoms. The number of methoxy groups -OCH3 is 1. The maximum absolute atomic E-state index is 6.14. The zero-order chi connectivity index (χ0) is 20.6. The lowest BCUT2D eigenvalue weighted by molar-refractivity contribution is 0.00578. The molecule has 150 valence electrons. The Morgan fingerprint density at radius 3 is 2.41 bits per heavy atom. The summed E-state index contributed by atoms with van der Waals surface area (Å²) in [6.45, 7) is 8.60. The highest BCUT2D eigenvalue weighted by Gasteiger charge is 2.51. The van der Waals surface area contributed by atoms with Gasteiger partial charge in [-0.1, -0.05) is 24.3 Å². The van der Waals surface area contributed by atoms with Crippen LogP contribution < -0.4 is 14.9 Å². The van der Waals surface area contributed by atoms with Crippen molar-refractivity contribution in [3.63, 3.8) is 0 Å². The summed E-state index contributed by atoms with van der Waals surface area (Å²) in [5.41, 5.74) is 2.16. The number of ether oxygens (including phenoxy) is 2. The molecule has 1 saturated heterocycles. The summed E-state index contributed by atoms with van der Waals surface area (Å²) >= 11 is 0. The van der Waals surface area contributed by atoms with Crippen LogP contribution in [-0.2, 0) is 15.9 Å². The monoisotopic (exact) mass is 391 g/mol. The second kappa shape index (κ2) is 7.36. The van der Waals surface area contributed by atoms with Crippen molar-refractivity contribution in [2.45, 2.75) is 45.5 Å². The lowest BCUT2D eigenvalue weighted by Crippen LogP contribution is -2.41. The molecule has 1 aromatic heterocycles. The number of hydrogen-bond acceptors (Lipinski definition) is 5. The van der Waals surface area contributed by atoms with Gasteiger partial charge in [-0.05, 0) is 63.0 Å². The summed E-state index contributed by atoms with van der Waals surface area (Å²) in [7, 11) is 1.20. The molecule has 1 aliphatic rings. The number of benzene rings is 2. The molecular weight excluding hydrogens is 365 g/mol. The van der Waals surface area contributed by atoms with Gasteiger partial charge in [0.2, 0.25) is 0 Å². The van der Waals surface area contributed by atoms with Crippen LogP contribution >= 0.6 is 0 Å². The van der Waals surface area contributed by atoms with Crippen LogP contribution in [0, 0.1) is 0 Å². The average molecular weight is 391 g/mol. The second-order valence-electron chi connectivity index (χ2n) is 8.27. The van der Waals surface area contributed by atoms with Crippen LogP contribution in [0.4, 0.5) is 0 Å². The van der Waals surface area contributed by atoms with E-state index in [0.717, 1.165) is 21.9 Å². The van der Waals surface area contributed by atoms with E-state index in [1.807, 2.05) is 64.1 Å². The van der Waals surface area contributed by atoms with Crippen LogP contribution in [0.25, 0.3) is 10.9 Å². The SMILES string of the molecule is COc1cc(B2OC(C)(C)C(C)(C)O2)ccc1OCc1cccc2ncccc12. The van der Waals surface area contributed by atoms with Crippen molar-refractivity contribution in [2.75, 3.05) is 7.11 Å². The molecule has 0 radical (unpaired) electrons. The minimum atomic E-state index is -0.438. The molecule has 29 heavy (non-hydrogen) atoms. The molecule has 6 heteroatoms. The molecule has 1 fully saturated rings. The Morgan fingerprint density at radius 1 is 0.931 bits per heavy atom. The maximum Gasteiger partial charge on any atom is 0.494 e. The van der Waals surface area contributed by atoms with Crippen LogP contribution in [0.15, 0.2) is 54.7 Å². The van der Waals surface area contributed by atoms with E-state index < -0.39 is 7.12 Å². The number of hydrogen-bond donors (Lipinski definition) is 0. The molecule has 2 heterocycles. The number of rotatable bonds is 5. The van der Waals surface area contributed by atoms with Crippen molar-refractivity contribution in [1.29, 1.82) is 0 Å². The van der Waals surface area contributed by atoms with Crippen molar-refractivity contribution in [3.8, 4) is 11.5 Å². The molecule has 0 aliphatic carbocycles. The average Bonchev–Trinajstić information content (AvgIpc) is 2.93. The Labute approximate surface area is 172 Å².